The Kier molecular flexibility index (Phi) is 6.51. The Morgan fingerprint density at radius 2 is 2.00 bits per heavy atom. The summed E-state index contributed by atoms with van der Waals surface area (Å²) in [4.78, 5) is 2.39. The highest BCUT2D eigenvalue weighted by molar-refractivity contribution is 5.15. The van der Waals surface area contributed by atoms with Crippen LogP contribution in [0.25, 0.3) is 0 Å². The zero-order valence-electron chi connectivity index (χ0n) is 11.9. The average molecular weight is 246 g/mol. The number of hydrogen-bond donors (Lipinski definition) is 1. The number of rotatable bonds is 8. The molecule has 0 heterocycles. The van der Waals surface area contributed by atoms with Crippen molar-refractivity contribution in [1.82, 2.24) is 10.2 Å². The minimum absolute atomic E-state index is 0.549. The first-order valence-corrected chi connectivity index (χ1v) is 6.81. The SMILES string of the molecule is C=C(CC)N(CCC(C)NC)Cc1ccccc1. The lowest BCUT2D eigenvalue weighted by Crippen LogP contribution is -2.29. The zero-order valence-corrected chi connectivity index (χ0v) is 11.9. The van der Waals surface area contributed by atoms with Crippen molar-refractivity contribution >= 4 is 0 Å². The van der Waals surface area contributed by atoms with Gasteiger partial charge in [-0.25, -0.2) is 0 Å². The van der Waals surface area contributed by atoms with E-state index in [1.165, 1.54) is 11.3 Å². The second-order valence-corrected chi connectivity index (χ2v) is 4.81. The molecule has 0 amide bonds. The maximum absolute atomic E-state index is 4.18. The van der Waals surface area contributed by atoms with Crippen LogP contribution in [0.1, 0.15) is 32.3 Å². The van der Waals surface area contributed by atoms with Crippen LogP contribution in [-0.2, 0) is 6.54 Å². The smallest absolute Gasteiger partial charge is 0.0426 e. The molecule has 0 aliphatic rings. The highest BCUT2D eigenvalue weighted by Gasteiger charge is 2.08. The van der Waals surface area contributed by atoms with Crippen molar-refractivity contribution in [3.05, 3.63) is 48.2 Å². The average Bonchev–Trinajstić information content (AvgIpc) is 2.43. The van der Waals surface area contributed by atoms with Gasteiger partial charge in [0.1, 0.15) is 0 Å². The Bertz CT molecular complexity index is 345. The van der Waals surface area contributed by atoms with Gasteiger partial charge >= 0.3 is 0 Å². The van der Waals surface area contributed by atoms with Crippen molar-refractivity contribution < 1.29 is 0 Å². The summed E-state index contributed by atoms with van der Waals surface area (Å²) in [6.45, 7) is 10.6. The molecule has 1 rings (SSSR count). The van der Waals surface area contributed by atoms with Crippen LogP contribution in [0, 0.1) is 0 Å². The summed E-state index contributed by atoms with van der Waals surface area (Å²) in [5, 5.41) is 3.28. The Morgan fingerprint density at radius 1 is 1.33 bits per heavy atom. The van der Waals surface area contributed by atoms with E-state index in [-0.39, 0.29) is 0 Å². The highest BCUT2D eigenvalue weighted by Crippen LogP contribution is 2.13. The molecule has 1 aromatic rings. The van der Waals surface area contributed by atoms with Crippen LogP contribution in [0.15, 0.2) is 42.6 Å². The largest absolute Gasteiger partial charge is 0.371 e. The molecule has 1 aromatic carbocycles. The summed E-state index contributed by atoms with van der Waals surface area (Å²) in [6.07, 6.45) is 2.16. The molecule has 100 valence electrons. The van der Waals surface area contributed by atoms with Gasteiger partial charge in [0.25, 0.3) is 0 Å². The van der Waals surface area contributed by atoms with Crippen LogP contribution in [0.4, 0.5) is 0 Å². The molecule has 1 N–H and O–H groups in total. The van der Waals surface area contributed by atoms with Gasteiger partial charge in [-0.2, -0.15) is 0 Å². The van der Waals surface area contributed by atoms with Gasteiger partial charge in [-0.15, -0.1) is 0 Å². The maximum Gasteiger partial charge on any atom is 0.0426 e. The molecule has 0 aliphatic heterocycles. The van der Waals surface area contributed by atoms with Gasteiger partial charge in [-0.05, 0) is 32.4 Å². The number of nitrogens with one attached hydrogen (secondary N) is 1. The predicted molar refractivity (Wildman–Crippen MR) is 79.4 cm³/mol. The fourth-order valence-electron chi connectivity index (χ4n) is 1.87. The Labute approximate surface area is 112 Å². The fourth-order valence-corrected chi connectivity index (χ4v) is 1.87. The second kappa shape index (κ2) is 7.93. The third kappa shape index (κ3) is 4.92. The van der Waals surface area contributed by atoms with E-state index in [1.807, 2.05) is 7.05 Å². The normalized spacial score (nSPS) is 12.2. The molecule has 18 heavy (non-hydrogen) atoms. The van der Waals surface area contributed by atoms with Crippen molar-refractivity contribution in [1.29, 1.82) is 0 Å². The molecular formula is C16H26N2. The zero-order chi connectivity index (χ0) is 13.4. The minimum Gasteiger partial charge on any atom is -0.371 e. The van der Waals surface area contributed by atoms with E-state index in [1.54, 1.807) is 0 Å². The number of hydrogen-bond acceptors (Lipinski definition) is 2. The van der Waals surface area contributed by atoms with E-state index in [2.05, 4.69) is 61.0 Å². The van der Waals surface area contributed by atoms with E-state index >= 15 is 0 Å². The van der Waals surface area contributed by atoms with E-state index < -0.39 is 0 Å². The first-order valence-electron chi connectivity index (χ1n) is 6.81. The van der Waals surface area contributed by atoms with Crippen LogP contribution in [-0.4, -0.2) is 24.5 Å². The van der Waals surface area contributed by atoms with Crippen LogP contribution >= 0.6 is 0 Å². The van der Waals surface area contributed by atoms with Gasteiger partial charge in [-0.1, -0.05) is 43.8 Å². The van der Waals surface area contributed by atoms with E-state index in [4.69, 9.17) is 0 Å². The summed E-state index contributed by atoms with van der Waals surface area (Å²) in [5.41, 5.74) is 2.58. The van der Waals surface area contributed by atoms with E-state index in [0.29, 0.717) is 6.04 Å². The predicted octanol–water partition coefficient (Wildman–Crippen LogP) is 3.41. The second-order valence-electron chi connectivity index (χ2n) is 4.81. The molecule has 0 aromatic heterocycles. The molecule has 2 heteroatoms. The molecule has 0 aliphatic carbocycles. The third-order valence-electron chi connectivity index (χ3n) is 3.40. The molecule has 0 spiro atoms. The standard InChI is InChI=1S/C16H26N2/c1-5-15(3)18(12-11-14(2)17-4)13-16-9-7-6-8-10-16/h6-10,14,17H,3,5,11-13H2,1-2,4H3. The summed E-state index contributed by atoms with van der Waals surface area (Å²) < 4.78 is 0. The number of allylic oxidation sites excluding steroid dienone is 1. The molecule has 0 saturated carbocycles. The minimum atomic E-state index is 0.549. The summed E-state index contributed by atoms with van der Waals surface area (Å²) in [5.74, 6) is 0. The van der Waals surface area contributed by atoms with Crippen LogP contribution < -0.4 is 5.32 Å². The summed E-state index contributed by atoms with van der Waals surface area (Å²) in [6, 6.07) is 11.2. The number of benzene rings is 1. The van der Waals surface area contributed by atoms with Crippen molar-refractivity contribution in [3.8, 4) is 0 Å². The van der Waals surface area contributed by atoms with Crippen molar-refractivity contribution in [2.24, 2.45) is 0 Å². The third-order valence-corrected chi connectivity index (χ3v) is 3.40. The Hall–Kier alpha value is -1.28. The molecular weight excluding hydrogens is 220 g/mol. The lowest BCUT2D eigenvalue weighted by atomic mass is 10.1. The van der Waals surface area contributed by atoms with Crippen LogP contribution in [0.5, 0.6) is 0 Å². The number of nitrogens with zero attached hydrogens (tertiary/aromatic N) is 1. The topological polar surface area (TPSA) is 15.3 Å². The monoisotopic (exact) mass is 246 g/mol. The Morgan fingerprint density at radius 3 is 2.56 bits per heavy atom. The fraction of sp³-hybridized carbons (Fsp3) is 0.500. The van der Waals surface area contributed by atoms with E-state index in [9.17, 15) is 0 Å². The van der Waals surface area contributed by atoms with Gasteiger partial charge in [0.05, 0.1) is 0 Å². The first-order chi connectivity index (χ1) is 8.67. The molecule has 1 atom stereocenters. The molecule has 1 unspecified atom stereocenters. The molecule has 0 saturated heterocycles. The summed E-state index contributed by atoms with van der Waals surface area (Å²) in [7, 11) is 2.01. The van der Waals surface area contributed by atoms with Crippen LogP contribution in [0.2, 0.25) is 0 Å². The van der Waals surface area contributed by atoms with Gasteiger partial charge in [0, 0.05) is 24.8 Å². The first kappa shape index (κ1) is 14.8. The van der Waals surface area contributed by atoms with Crippen molar-refractivity contribution in [3.63, 3.8) is 0 Å². The summed E-state index contributed by atoms with van der Waals surface area (Å²) >= 11 is 0. The van der Waals surface area contributed by atoms with Crippen LogP contribution in [0.3, 0.4) is 0 Å². The molecule has 2 nitrogen and oxygen atoms in total. The maximum atomic E-state index is 4.18. The lowest BCUT2D eigenvalue weighted by molar-refractivity contribution is 0.309. The molecule has 0 radical (unpaired) electrons. The molecule has 0 fully saturated rings. The lowest BCUT2D eigenvalue weighted by Gasteiger charge is -2.27. The van der Waals surface area contributed by atoms with Gasteiger partial charge in [-0.3, -0.25) is 0 Å². The van der Waals surface area contributed by atoms with Gasteiger partial charge in [0.2, 0.25) is 0 Å². The quantitative estimate of drug-likeness (QED) is 0.756. The van der Waals surface area contributed by atoms with Gasteiger partial charge < -0.3 is 10.2 Å². The van der Waals surface area contributed by atoms with Gasteiger partial charge in [0.15, 0.2) is 0 Å². The Balaban J connectivity index is 2.58. The molecule has 0 bridgehead atoms. The van der Waals surface area contributed by atoms with Crippen molar-refractivity contribution in [2.45, 2.75) is 39.3 Å². The van der Waals surface area contributed by atoms with Crippen molar-refractivity contribution in [2.75, 3.05) is 13.6 Å². The van der Waals surface area contributed by atoms with E-state index in [0.717, 1.165) is 25.9 Å². The highest BCUT2D eigenvalue weighted by atomic mass is 15.1.